The molecule has 0 unspecified atom stereocenters. The fraction of sp³-hybridized carbons (Fsp3) is 0.435. The minimum absolute atomic E-state index is 0.0782. The van der Waals surface area contributed by atoms with Gasteiger partial charge in [0.25, 0.3) is 5.91 Å². The summed E-state index contributed by atoms with van der Waals surface area (Å²) in [6, 6.07) is 2.57. The molecule has 2 aromatic heterocycles. The van der Waals surface area contributed by atoms with E-state index in [1.807, 2.05) is 6.07 Å². The van der Waals surface area contributed by atoms with Gasteiger partial charge in [-0.15, -0.1) is 0 Å². The second-order valence-electron chi connectivity index (χ2n) is 9.32. The first-order valence-electron chi connectivity index (χ1n) is 11.6. The standard InChI is InChI=1S/C23H25F5N4O3S/c24-36(25,26,27,28)16-1-2-18(19(33)13-16)23(34)32-9-4-14(5-10-32)17-3-8-29-22-20(17)30-21(31-22)15-6-11-35-12-7-15/h1-3,8,13-15,33H,4-7,9-12H2,(H,29,30,31). The maximum Gasteiger partial charge on any atom is 0.310 e. The van der Waals surface area contributed by atoms with Crippen LogP contribution in [0.5, 0.6) is 5.75 Å². The average molecular weight is 533 g/mol. The number of likely N-dealkylation sites (tertiary alicyclic amines) is 1. The Labute approximate surface area is 203 Å². The van der Waals surface area contributed by atoms with Crippen LogP contribution in [0.25, 0.3) is 11.2 Å². The topological polar surface area (TPSA) is 91.3 Å². The Bertz CT molecular complexity index is 1320. The number of aromatic amines is 1. The predicted molar refractivity (Wildman–Crippen MR) is 124 cm³/mol. The van der Waals surface area contributed by atoms with Crippen LogP contribution >= 0.6 is 10.2 Å². The molecule has 0 aliphatic carbocycles. The van der Waals surface area contributed by atoms with E-state index in [1.54, 1.807) is 6.20 Å². The number of aromatic hydroxyl groups is 1. The van der Waals surface area contributed by atoms with Crippen LogP contribution in [0.4, 0.5) is 19.4 Å². The molecule has 196 valence electrons. The number of fused-ring (bicyclic) bond motifs is 1. The van der Waals surface area contributed by atoms with Gasteiger partial charge in [0.2, 0.25) is 0 Å². The zero-order valence-corrected chi connectivity index (χ0v) is 19.9. The van der Waals surface area contributed by atoms with Gasteiger partial charge in [0.15, 0.2) is 5.65 Å². The number of rotatable bonds is 4. The number of imidazole rings is 1. The van der Waals surface area contributed by atoms with Crippen LogP contribution in [0.1, 0.15) is 59.3 Å². The highest BCUT2D eigenvalue weighted by Gasteiger charge is 2.65. The molecule has 0 atom stereocenters. The summed E-state index contributed by atoms with van der Waals surface area (Å²) in [7, 11) is -9.96. The van der Waals surface area contributed by atoms with Gasteiger partial charge < -0.3 is 19.7 Å². The number of hydrogen-bond donors (Lipinski definition) is 2. The summed E-state index contributed by atoms with van der Waals surface area (Å²) in [5.74, 6) is -0.596. The van der Waals surface area contributed by atoms with E-state index in [2.05, 4.69) is 9.97 Å². The molecule has 4 heterocycles. The fourth-order valence-corrected chi connectivity index (χ4v) is 5.60. The van der Waals surface area contributed by atoms with Gasteiger partial charge in [0.05, 0.1) is 5.56 Å². The lowest BCUT2D eigenvalue weighted by molar-refractivity contribution is 0.0710. The van der Waals surface area contributed by atoms with Crippen molar-refractivity contribution >= 4 is 27.3 Å². The van der Waals surface area contributed by atoms with Gasteiger partial charge in [-0.2, -0.15) is 0 Å². The summed E-state index contributed by atoms with van der Waals surface area (Å²) in [4.78, 5) is 24.6. The van der Waals surface area contributed by atoms with Crippen LogP contribution in [0.2, 0.25) is 0 Å². The van der Waals surface area contributed by atoms with Gasteiger partial charge in [-0.1, -0.05) is 19.4 Å². The van der Waals surface area contributed by atoms with E-state index in [0.29, 0.717) is 37.8 Å². The van der Waals surface area contributed by atoms with Crippen molar-refractivity contribution in [1.29, 1.82) is 0 Å². The van der Waals surface area contributed by atoms with E-state index >= 15 is 0 Å². The van der Waals surface area contributed by atoms with Crippen LogP contribution in [0.15, 0.2) is 35.4 Å². The van der Waals surface area contributed by atoms with Gasteiger partial charge in [0.1, 0.15) is 22.0 Å². The first kappa shape index (κ1) is 24.8. The van der Waals surface area contributed by atoms with E-state index in [4.69, 9.17) is 9.72 Å². The number of halogens is 5. The lowest BCUT2D eigenvalue weighted by atomic mass is 9.89. The third-order valence-corrected chi connectivity index (χ3v) is 8.05. The minimum atomic E-state index is -9.96. The number of aromatic nitrogens is 3. The highest BCUT2D eigenvalue weighted by molar-refractivity contribution is 8.45. The number of ether oxygens (including phenoxy) is 1. The predicted octanol–water partition coefficient (Wildman–Crippen LogP) is 6.23. The van der Waals surface area contributed by atoms with Crippen molar-refractivity contribution in [2.24, 2.45) is 0 Å². The first-order chi connectivity index (χ1) is 16.8. The van der Waals surface area contributed by atoms with Gasteiger partial charge in [0, 0.05) is 44.5 Å². The summed E-state index contributed by atoms with van der Waals surface area (Å²) in [5.41, 5.74) is 2.04. The molecule has 5 rings (SSSR count). The summed E-state index contributed by atoms with van der Waals surface area (Å²) in [6.45, 7) is 1.94. The Balaban J connectivity index is 1.31. The Morgan fingerprint density at radius 2 is 1.72 bits per heavy atom. The molecule has 0 saturated carbocycles. The van der Waals surface area contributed by atoms with Crippen molar-refractivity contribution in [3.8, 4) is 5.75 Å². The molecule has 2 aliphatic heterocycles. The fourth-order valence-electron chi connectivity index (χ4n) is 4.94. The number of H-pyrrole nitrogens is 1. The van der Waals surface area contributed by atoms with E-state index in [9.17, 15) is 29.3 Å². The molecule has 2 aliphatic rings. The molecule has 3 aromatic rings. The monoisotopic (exact) mass is 532 g/mol. The highest BCUT2D eigenvalue weighted by atomic mass is 32.5. The second kappa shape index (κ2) is 8.04. The molecule has 2 saturated heterocycles. The molecule has 0 spiro atoms. The molecule has 36 heavy (non-hydrogen) atoms. The van der Waals surface area contributed by atoms with Crippen molar-refractivity contribution in [2.75, 3.05) is 26.3 Å². The largest absolute Gasteiger partial charge is 0.507 e. The summed E-state index contributed by atoms with van der Waals surface area (Å²) >= 11 is 0. The van der Waals surface area contributed by atoms with E-state index in [-0.39, 0.29) is 37.1 Å². The number of carbonyl (C=O) groups excluding carboxylic acids is 1. The number of benzene rings is 1. The molecule has 2 N–H and O–H groups in total. The van der Waals surface area contributed by atoms with Gasteiger partial charge in [-0.05, 0) is 55.4 Å². The Morgan fingerprint density at radius 3 is 2.36 bits per heavy atom. The number of nitrogens with zero attached hydrogens (tertiary/aromatic N) is 3. The first-order valence-corrected chi connectivity index (χ1v) is 13.5. The SMILES string of the molecule is O=C(c1ccc(S(F)(F)(F)(F)F)cc1O)N1CCC(c2ccnc3[nH]c(C4CCOCC4)nc23)CC1. The number of hydrogen-bond acceptors (Lipinski definition) is 5. The average Bonchev–Trinajstić information content (AvgIpc) is 3.27. The molecule has 2 fully saturated rings. The van der Waals surface area contributed by atoms with E-state index < -0.39 is 32.3 Å². The van der Waals surface area contributed by atoms with Crippen LogP contribution in [-0.4, -0.2) is 57.2 Å². The van der Waals surface area contributed by atoms with Crippen LogP contribution in [0.3, 0.4) is 0 Å². The molecule has 0 bridgehead atoms. The second-order valence-corrected chi connectivity index (χ2v) is 11.7. The number of phenolic OH excluding ortho intramolecular Hbond substituents is 1. The molecule has 1 aromatic carbocycles. The van der Waals surface area contributed by atoms with E-state index in [0.717, 1.165) is 29.7 Å². The lowest BCUT2D eigenvalue weighted by Gasteiger charge is -2.40. The maximum atomic E-state index is 13.0. The number of phenols is 1. The zero-order chi connectivity index (χ0) is 25.8. The third-order valence-electron chi connectivity index (χ3n) is 6.91. The van der Waals surface area contributed by atoms with Crippen molar-refractivity contribution in [2.45, 2.75) is 42.4 Å². The quantitative estimate of drug-likeness (QED) is 0.389. The number of piperidine rings is 1. The maximum absolute atomic E-state index is 13.0. The molecule has 7 nitrogen and oxygen atoms in total. The Hall–Kier alpha value is -2.93. The summed E-state index contributed by atoms with van der Waals surface area (Å²) < 4.78 is 70.5. The molecule has 13 heteroatoms. The molecular formula is C23H25F5N4O3S. The van der Waals surface area contributed by atoms with Crippen LogP contribution in [-0.2, 0) is 4.74 Å². The molecule has 1 amide bonds. The number of pyridine rings is 1. The normalized spacial score (nSPS) is 20.3. The summed E-state index contributed by atoms with van der Waals surface area (Å²) in [5, 5.41) is 9.95. The Morgan fingerprint density at radius 1 is 1.03 bits per heavy atom. The van der Waals surface area contributed by atoms with Crippen LogP contribution in [0, 0.1) is 0 Å². The Kier molecular flexibility index (Phi) is 5.52. The number of carbonyl (C=O) groups is 1. The van der Waals surface area contributed by atoms with Crippen LogP contribution < -0.4 is 0 Å². The smallest absolute Gasteiger partial charge is 0.310 e. The van der Waals surface area contributed by atoms with Gasteiger partial charge in [-0.3, -0.25) is 4.79 Å². The lowest BCUT2D eigenvalue weighted by Crippen LogP contribution is -2.38. The molecular weight excluding hydrogens is 507 g/mol. The minimum Gasteiger partial charge on any atom is -0.507 e. The van der Waals surface area contributed by atoms with Crippen molar-refractivity contribution < 1.29 is 34.1 Å². The highest BCUT2D eigenvalue weighted by Crippen LogP contribution is 3.02. The number of amides is 1. The van der Waals surface area contributed by atoms with E-state index in [1.165, 1.54) is 4.90 Å². The number of nitrogens with one attached hydrogen (secondary N) is 1. The zero-order valence-electron chi connectivity index (χ0n) is 19.1. The molecule has 0 radical (unpaired) electrons. The van der Waals surface area contributed by atoms with Gasteiger partial charge in [-0.25, -0.2) is 9.97 Å². The van der Waals surface area contributed by atoms with Gasteiger partial charge >= 0.3 is 10.2 Å². The van der Waals surface area contributed by atoms with Crippen molar-refractivity contribution in [3.05, 3.63) is 47.4 Å². The summed E-state index contributed by atoms with van der Waals surface area (Å²) in [6.07, 6.45) is 4.60. The van der Waals surface area contributed by atoms with Crippen molar-refractivity contribution in [3.63, 3.8) is 0 Å². The van der Waals surface area contributed by atoms with Crippen molar-refractivity contribution in [1.82, 2.24) is 19.9 Å². The third kappa shape index (κ3) is 4.85.